The van der Waals surface area contributed by atoms with Crippen LogP contribution in [0.1, 0.15) is 12.8 Å². The van der Waals surface area contributed by atoms with Gasteiger partial charge in [0.05, 0.1) is 6.61 Å². The van der Waals surface area contributed by atoms with E-state index in [0.29, 0.717) is 0 Å². The van der Waals surface area contributed by atoms with Gasteiger partial charge in [-0.25, -0.2) is 0 Å². The summed E-state index contributed by atoms with van der Waals surface area (Å²) >= 11 is 0. The van der Waals surface area contributed by atoms with E-state index in [1.54, 1.807) is 13.7 Å². The molecule has 1 aliphatic heterocycles. The van der Waals surface area contributed by atoms with Crippen LogP contribution >= 0.6 is 0 Å². The highest BCUT2D eigenvalue weighted by molar-refractivity contribution is 4.71. The van der Waals surface area contributed by atoms with Gasteiger partial charge in [-0.15, -0.1) is 0 Å². The van der Waals surface area contributed by atoms with Gasteiger partial charge in [0.2, 0.25) is 6.10 Å². The third-order valence-corrected chi connectivity index (χ3v) is 1.30. The molecule has 1 aliphatic rings. The Morgan fingerprint density at radius 2 is 2.62 bits per heavy atom. The fourth-order valence-corrected chi connectivity index (χ4v) is 0.785. The Labute approximate surface area is 49.8 Å². The van der Waals surface area contributed by atoms with Gasteiger partial charge in [-0.2, -0.15) is 4.74 Å². The molecule has 0 spiro atoms. The normalized spacial score (nSPS) is 29.4. The number of hydrogen-bond acceptors (Lipinski definition) is 2. The van der Waals surface area contributed by atoms with Crippen molar-refractivity contribution in [2.45, 2.75) is 18.9 Å². The topological polar surface area (TPSA) is 18.5 Å². The summed E-state index contributed by atoms with van der Waals surface area (Å²) in [5.74, 6) is 0. The highest BCUT2D eigenvalue weighted by Crippen LogP contribution is 2.11. The van der Waals surface area contributed by atoms with Gasteiger partial charge in [0, 0.05) is 13.5 Å². The monoisotopic (exact) mass is 115 g/mol. The van der Waals surface area contributed by atoms with Gasteiger partial charge in [-0.3, -0.25) is 0 Å². The second-order valence-corrected chi connectivity index (χ2v) is 1.92. The molecule has 2 nitrogen and oxygen atoms in total. The van der Waals surface area contributed by atoms with Crippen molar-refractivity contribution in [1.29, 1.82) is 0 Å². The van der Waals surface area contributed by atoms with Crippen molar-refractivity contribution >= 4 is 0 Å². The van der Waals surface area contributed by atoms with E-state index in [0.717, 1.165) is 19.4 Å². The predicted octanol–water partition coefficient (Wildman–Crippen LogP) is 0.974. The highest BCUT2D eigenvalue weighted by Gasteiger charge is 2.21. The third kappa shape index (κ3) is 1.39. The molecule has 1 rings (SSSR count). The van der Waals surface area contributed by atoms with Crippen LogP contribution in [0, 0.1) is 6.61 Å². The van der Waals surface area contributed by atoms with E-state index in [2.05, 4.69) is 0 Å². The van der Waals surface area contributed by atoms with Crippen molar-refractivity contribution in [2.75, 3.05) is 13.7 Å². The van der Waals surface area contributed by atoms with Crippen LogP contribution in [0.5, 0.6) is 0 Å². The lowest BCUT2D eigenvalue weighted by molar-refractivity contribution is 0.0158. The Hall–Kier alpha value is -0.210. The van der Waals surface area contributed by atoms with Gasteiger partial charge < -0.3 is 4.74 Å². The van der Waals surface area contributed by atoms with E-state index in [1.807, 2.05) is 0 Å². The summed E-state index contributed by atoms with van der Waals surface area (Å²) in [5, 5.41) is 0. The average Bonchev–Trinajstić information content (AvgIpc) is 1.90. The quantitative estimate of drug-likeness (QED) is 0.474. The summed E-state index contributed by atoms with van der Waals surface area (Å²) in [7, 11) is 1.70. The Morgan fingerprint density at radius 1 is 1.75 bits per heavy atom. The number of hydrogen-bond donors (Lipinski definition) is 0. The predicted molar refractivity (Wildman–Crippen MR) is 30.3 cm³/mol. The van der Waals surface area contributed by atoms with Crippen molar-refractivity contribution in [3.8, 4) is 0 Å². The summed E-state index contributed by atoms with van der Waals surface area (Å²) in [6, 6.07) is 0. The van der Waals surface area contributed by atoms with E-state index in [-0.39, 0.29) is 6.10 Å². The van der Waals surface area contributed by atoms with Crippen LogP contribution in [0.15, 0.2) is 0 Å². The third-order valence-electron chi connectivity index (χ3n) is 1.30. The molecule has 0 N–H and O–H groups in total. The minimum Gasteiger partial charge on any atom is -0.338 e. The molecule has 0 saturated carbocycles. The number of methoxy groups -OCH3 is 1. The number of rotatable bonds is 1. The maximum atomic E-state index is 5.02. The molecule has 0 aromatic heterocycles. The van der Waals surface area contributed by atoms with Crippen LogP contribution < -0.4 is 0 Å². The Kier molecular flexibility index (Phi) is 2.18. The zero-order chi connectivity index (χ0) is 5.82. The Balaban J connectivity index is 2.13. The van der Waals surface area contributed by atoms with Crippen molar-refractivity contribution < 1.29 is 9.47 Å². The molecule has 46 valence electrons. The molecule has 0 radical (unpaired) electrons. The summed E-state index contributed by atoms with van der Waals surface area (Å²) in [6.07, 6.45) is 2.47. The standard InChI is InChI=1S/C6H11O2/c1-7-6-3-2-4-8-5-6/h5-6H,2-4H2,1H3/q+1/t6-/m1/s1. The molecule has 8 heavy (non-hydrogen) atoms. The first-order valence-electron chi connectivity index (χ1n) is 2.91. The molecule has 2 heteroatoms. The van der Waals surface area contributed by atoms with Crippen molar-refractivity contribution in [3.63, 3.8) is 0 Å². The lowest BCUT2D eigenvalue weighted by Gasteiger charge is -2.09. The molecule has 1 fully saturated rings. The largest absolute Gasteiger partial charge is 0.338 e. The zero-order valence-electron chi connectivity index (χ0n) is 5.09. The molecule has 0 aromatic rings. The van der Waals surface area contributed by atoms with Crippen LogP contribution in [0.25, 0.3) is 0 Å². The molecule has 0 bridgehead atoms. The summed E-state index contributed by atoms with van der Waals surface area (Å²) in [5.41, 5.74) is 0. The van der Waals surface area contributed by atoms with Crippen LogP contribution in [0.3, 0.4) is 0 Å². The second kappa shape index (κ2) is 2.95. The first-order chi connectivity index (χ1) is 3.93. The minimum absolute atomic E-state index is 0.240. The van der Waals surface area contributed by atoms with Gasteiger partial charge >= 0.3 is 0 Å². The van der Waals surface area contributed by atoms with Gasteiger partial charge in [0.1, 0.15) is 0 Å². The second-order valence-electron chi connectivity index (χ2n) is 1.92. The smallest absolute Gasteiger partial charge is 0.257 e. The molecule has 1 heterocycles. The summed E-state index contributed by atoms with van der Waals surface area (Å²) in [4.78, 5) is 0. The summed E-state index contributed by atoms with van der Waals surface area (Å²) in [6.45, 7) is 2.63. The van der Waals surface area contributed by atoms with Gasteiger partial charge in [0.25, 0.3) is 6.61 Å². The van der Waals surface area contributed by atoms with Crippen molar-refractivity contribution in [3.05, 3.63) is 6.61 Å². The van der Waals surface area contributed by atoms with E-state index in [1.165, 1.54) is 0 Å². The fraction of sp³-hybridized carbons (Fsp3) is 0.833. The molecule has 1 saturated heterocycles. The molecule has 0 amide bonds. The maximum Gasteiger partial charge on any atom is 0.257 e. The van der Waals surface area contributed by atoms with E-state index in [9.17, 15) is 0 Å². The van der Waals surface area contributed by atoms with Crippen LogP contribution in [-0.2, 0) is 9.47 Å². The van der Waals surface area contributed by atoms with Gasteiger partial charge in [0.15, 0.2) is 0 Å². The Bertz CT molecular complexity index is 57.5. The minimum atomic E-state index is 0.240. The highest BCUT2D eigenvalue weighted by atomic mass is 16.5. The van der Waals surface area contributed by atoms with Crippen molar-refractivity contribution in [1.82, 2.24) is 0 Å². The fourth-order valence-electron chi connectivity index (χ4n) is 0.785. The van der Waals surface area contributed by atoms with Crippen LogP contribution in [0.2, 0.25) is 0 Å². The van der Waals surface area contributed by atoms with Crippen molar-refractivity contribution in [2.24, 2.45) is 0 Å². The van der Waals surface area contributed by atoms with Gasteiger partial charge in [-0.05, 0) is 6.42 Å². The maximum absolute atomic E-state index is 5.02. The Morgan fingerprint density at radius 3 is 3.00 bits per heavy atom. The summed E-state index contributed by atoms with van der Waals surface area (Å²) < 4.78 is 10.0. The molecule has 0 unspecified atom stereocenters. The molecular weight excluding hydrogens is 104 g/mol. The van der Waals surface area contributed by atoms with Crippen LogP contribution in [-0.4, -0.2) is 19.8 Å². The molecule has 0 aliphatic carbocycles. The lowest BCUT2D eigenvalue weighted by Crippen LogP contribution is -2.18. The van der Waals surface area contributed by atoms with E-state index >= 15 is 0 Å². The average molecular weight is 115 g/mol. The molecule has 1 atom stereocenters. The lowest BCUT2D eigenvalue weighted by atomic mass is 10.2. The SMILES string of the molecule is CO[C@H]1[CH+]OCCC1. The first kappa shape index (κ1) is 5.92. The number of ether oxygens (including phenoxy) is 2. The van der Waals surface area contributed by atoms with Gasteiger partial charge in [-0.1, -0.05) is 0 Å². The van der Waals surface area contributed by atoms with Crippen LogP contribution in [0.4, 0.5) is 0 Å². The molecule has 0 aromatic carbocycles. The van der Waals surface area contributed by atoms with E-state index < -0.39 is 0 Å². The molecular formula is C6H11O2+. The van der Waals surface area contributed by atoms with E-state index in [4.69, 9.17) is 9.47 Å². The first-order valence-corrected chi connectivity index (χ1v) is 2.91. The zero-order valence-corrected chi connectivity index (χ0v) is 5.09.